The van der Waals surface area contributed by atoms with Crippen molar-refractivity contribution in [3.05, 3.63) is 51.4 Å². The molecule has 0 saturated carbocycles. The lowest BCUT2D eigenvalue weighted by Gasteiger charge is -2.11. The zero-order valence-electron chi connectivity index (χ0n) is 13.5. The average molecular weight is 360 g/mol. The van der Waals surface area contributed by atoms with Crippen molar-refractivity contribution in [2.45, 2.75) is 13.5 Å². The van der Waals surface area contributed by atoms with Gasteiger partial charge in [0.15, 0.2) is 5.69 Å². The Kier molecular flexibility index (Phi) is 4.57. The molecule has 2 heterocycles. The van der Waals surface area contributed by atoms with Gasteiger partial charge in [0.05, 0.1) is 10.6 Å². The summed E-state index contributed by atoms with van der Waals surface area (Å²) < 4.78 is 2.48. The Morgan fingerprint density at radius 1 is 1.28 bits per heavy atom. The number of anilines is 1. The Morgan fingerprint density at radius 3 is 2.68 bits per heavy atom. The maximum Gasteiger partial charge on any atom is 0.280 e. The second kappa shape index (κ2) is 6.81. The van der Waals surface area contributed by atoms with E-state index in [1.807, 2.05) is 13.0 Å². The van der Waals surface area contributed by atoms with Gasteiger partial charge in [0, 0.05) is 13.6 Å². The van der Waals surface area contributed by atoms with Gasteiger partial charge in [-0.2, -0.15) is 5.10 Å². The largest absolute Gasteiger partial charge is 0.288 e. The molecular weight excluding hydrogens is 346 g/mol. The highest BCUT2D eigenvalue weighted by Gasteiger charge is 2.22. The zero-order valence-corrected chi connectivity index (χ0v) is 14.2. The van der Waals surface area contributed by atoms with Gasteiger partial charge in [-0.3, -0.25) is 14.9 Å². The number of rotatable bonds is 4. The molecule has 0 aliphatic carbocycles. The van der Waals surface area contributed by atoms with Crippen molar-refractivity contribution >= 4 is 23.5 Å². The van der Waals surface area contributed by atoms with Crippen LogP contribution < -0.4 is 10.9 Å². The van der Waals surface area contributed by atoms with Crippen molar-refractivity contribution in [2.24, 2.45) is 7.05 Å². The maximum atomic E-state index is 12.6. The summed E-state index contributed by atoms with van der Waals surface area (Å²) in [4.78, 5) is 25.0. The molecule has 0 atom stereocenters. The van der Waals surface area contributed by atoms with Gasteiger partial charge >= 0.3 is 0 Å². The summed E-state index contributed by atoms with van der Waals surface area (Å²) in [6.45, 7) is 2.31. The normalized spacial score (nSPS) is 10.7. The second-order valence-electron chi connectivity index (χ2n) is 5.10. The monoisotopic (exact) mass is 359 g/mol. The summed E-state index contributed by atoms with van der Waals surface area (Å²) in [5, 5.41) is 17.5. The number of hydrogen-bond acceptors (Lipinski definition) is 6. The number of tetrazole rings is 1. The summed E-state index contributed by atoms with van der Waals surface area (Å²) in [6.07, 6.45) is 0. The van der Waals surface area contributed by atoms with Gasteiger partial charge in [0.1, 0.15) is 0 Å². The standard InChI is InChI=1S/C15H14ClN7O2/c1-3-23-15(18-20-21-23)17-13(24)12-11(16)10(14(25)22(2)19-12)9-7-5-4-6-8-9/h4-8H,3H2,1-2H3,(H,17,18,21,24). The Balaban J connectivity index is 2.07. The van der Waals surface area contributed by atoms with Crippen molar-refractivity contribution in [1.29, 1.82) is 0 Å². The maximum absolute atomic E-state index is 12.6. The van der Waals surface area contributed by atoms with Crippen LogP contribution in [0.25, 0.3) is 11.1 Å². The summed E-state index contributed by atoms with van der Waals surface area (Å²) in [6, 6.07) is 8.85. The van der Waals surface area contributed by atoms with E-state index in [1.165, 1.54) is 11.7 Å². The molecule has 0 spiro atoms. The van der Waals surface area contributed by atoms with E-state index in [0.717, 1.165) is 4.68 Å². The number of benzene rings is 1. The molecule has 0 aliphatic rings. The van der Waals surface area contributed by atoms with Crippen LogP contribution >= 0.6 is 11.6 Å². The molecule has 0 saturated heterocycles. The van der Waals surface area contributed by atoms with E-state index in [-0.39, 0.29) is 22.2 Å². The van der Waals surface area contributed by atoms with Crippen LogP contribution in [-0.4, -0.2) is 35.9 Å². The van der Waals surface area contributed by atoms with E-state index < -0.39 is 11.5 Å². The molecule has 0 radical (unpaired) electrons. The van der Waals surface area contributed by atoms with E-state index in [2.05, 4.69) is 25.9 Å². The summed E-state index contributed by atoms with van der Waals surface area (Å²) in [5.74, 6) is -0.442. The fourth-order valence-corrected chi connectivity index (χ4v) is 2.59. The predicted octanol–water partition coefficient (Wildman–Crippen LogP) is 1.36. The molecular formula is C15H14ClN7O2. The molecule has 0 aliphatic heterocycles. The fourth-order valence-electron chi connectivity index (χ4n) is 2.28. The quantitative estimate of drug-likeness (QED) is 0.753. The van der Waals surface area contributed by atoms with Crippen LogP contribution in [-0.2, 0) is 13.6 Å². The highest BCUT2D eigenvalue weighted by molar-refractivity contribution is 6.36. The third-order valence-corrected chi connectivity index (χ3v) is 3.89. The van der Waals surface area contributed by atoms with E-state index in [9.17, 15) is 9.59 Å². The third-order valence-electron chi connectivity index (χ3n) is 3.52. The SMILES string of the molecule is CCn1nnnc1NC(=O)c1nn(C)c(=O)c(-c2ccccc2)c1Cl. The Bertz CT molecular complexity index is 981. The van der Waals surface area contributed by atoms with Crippen molar-refractivity contribution in [3.8, 4) is 11.1 Å². The highest BCUT2D eigenvalue weighted by atomic mass is 35.5. The lowest BCUT2D eigenvalue weighted by atomic mass is 10.1. The van der Waals surface area contributed by atoms with Crippen molar-refractivity contribution < 1.29 is 4.79 Å². The number of aromatic nitrogens is 6. The Morgan fingerprint density at radius 2 is 2.00 bits per heavy atom. The molecule has 1 N–H and O–H groups in total. The highest BCUT2D eigenvalue weighted by Crippen LogP contribution is 2.26. The van der Waals surface area contributed by atoms with E-state index in [1.54, 1.807) is 24.3 Å². The van der Waals surface area contributed by atoms with Crippen molar-refractivity contribution in [3.63, 3.8) is 0 Å². The second-order valence-corrected chi connectivity index (χ2v) is 5.48. The first-order chi connectivity index (χ1) is 12.0. The van der Waals surface area contributed by atoms with Gasteiger partial charge in [-0.25, -0.2) is 9.36 Å². The van der Waals surface area contributed by atoms with Gasteiger partial charge in [-0.05, 0) is 22.9 Å². The van der Waals surface area contributed by atoms with Crippen LogP contribution in [0.1, 0.15) is 17.4 Å². The predicted molar refractivity (Wildman–Crippen MR) is 91.4 cm³/mol. The number of amides is 1. The van der Waals surface area contributed by atoms with Gasteiger partial charge in [-0.15, -0.1) is 0 Å². The topological polar surface area (TPSA) is 108 Å². The van der Waals surface area contributed by atoms with E-state index >= 15 is 0 Å². The zero-order chi connectivity index (χ0) is 18.0. The molecule has 3 aromatic rings. The fraction of sp³-hybridized carbons (Fsp3) is 0.200. The number of carbonyl (C=O) groups excluding carboxylic acids is 1. The molecule has 0 bridgehead atoms. The van der Waals surface area contributed by atoms with Gasteiger partial charge in [0.25, 0.3) is 11.5 Å². The summed E-state index contributed by atoms with van der Waals surface area (Å²) >= 11 is 6.33. The molecule has 0 fully saturated rings. The molecule has 25 heavy (non-hydrogen) atoms. The number of nitrogens with one attached hydrogen (secondary N) is 1. The van der Waals surface area contributed by atoms with E-state index in [4.69, 9.17) is 11.6 Å². The van der Waals surface area contributed by atoms with Crippen molar-refractivity contribution in [1.82, 2.24) is 30.0 Å². The van der Waals surface area contributed by atoms with Crippen LogP contribution in [0.3, 0.4) is 0 Å². The lowest BCUT2D eigenvalue weighted by molar-refractivity contribution is 0.101. The first-order valence-electron chi connectivity index (χ1n) is 7.42. The third kappa shape index (κ3) is 3.13. The summed E-state index contributed by atoms with van der Waals surface area (Å²) in [7, 11) is 1.46. The Labute approximate surface area is 147 Å². The van der Waals surface area contributed by atoms with Gasteiger partial charge in [0.2, 0.25) is 5.95 Å². The minimum absolute atomic E-state index is 0.0256. The smallest absolute Gasteiger partial charge is 0.280 e. The summed E-state index contributed by atoms with van der Waals surface area (Å²) in [5.41, 5.74) is 0.322. The molecule has 1 aromatic carbocycles. The van der Waals surface area contributed by atoms with Crippen LogP contribution in [0, 0.1) is 0 Å². The van der Waals surface area contributed by atoms with Crippen LogP contribution in [0.15, 0.2) is 35.1 Å². The molecule has 0 unspecified atom stereocenters. The lowest BCUT2D eigenvalue weighted by Crippen LogP contribution is -2.27. The molecule has 128 valence electrons. The molecule has 10 heteroatoms. The molecule has 3 rings (SSSR count). The number of carbonyl (C=O) groups is 1. The number of hydrogen-bond donors (Lipinski definition) is 1. The van der Waals surface area contributed by atoms with Crippen LogP contribution in [0.4, 0.5) is 5.95 Å². The first-order valence-corrected chi connectivity index (χ1v) is 7.80. The number of halogens is 1. The number of aryl methyl sites for hydroxylation is 2. The minimum atomic E-state index is -0.609. The molecule has 2 aromatic heterocycles. The molecule has 9 nitrogen and oxygen atoms in total. The van der Waals surface area contributed by atoms with E-state index in [0.29, 0.717) is 12.1 Å². The van der Waals surface area contributed by atoms with Gasteiger partial charge < -0.3 is 0 Å². The first kappa shape index (κ1) is 16.8. The minimum Gasteiger partial charge on any atom is -0.288 e. The number of nitrogens with zero attached hydrogens (tertiary/aromatic N) is 6. The Hall–Kier alpha value is -3.07. The molecule has 1 amide bonds. The van der Waals surface area contributed by atoms with Crippen LogP contribution in [0.5, 0.6) is 0 Å². The van der Waals surface area contributed by atoms with Gasteiger partial charge in [-0.1, -0.05) is 47.0 Å². The average Bonchev–Trinajstić information content (AvgIpc) is 3.06. The van der Waals surface area contributed by atoms with Crippen molar-refractivity contribution in [2.75, 3.05) is 5.32 Å². The van der Waals surface area contributed by atoms with Crippen LogP contribution in [0.2, 0.25) is 5.02 Å².